The van der Waals surface area contributed by atoms with Crippen molar-refractivity contribution in [3.8, 4) is 11.5 Å². The summed E-state index contributed by atoms with van der Waals surface area (Å²) in [7, 11) is -8.63. The molecule has 2 saturated heterocycles. The third kappa shape index (κ3) is 5.55. The van der Waals surface area contributed by atoms with Gasteiger partial charge in [-0.1, -0.05) is 24.3 Å². The van der Waals surface area contributed by atoms with Crippen LogP contribution in [0.15, 0.2) is 62.1 Å². The van der Waals surface area contributed by atoms with Gasteiger partial charge in [-0.15, -0.1) is 4.52 Å². The van der Waals surface area contributed by atoms with Gasteiger partial charge >= 0.3 is 15.2 Å². The van der Waals surface area contributed by atoms with Crippen LogP contribution in [0.5, 0.6) is 11.5 Å². The van der Waals surface area contributed by atoms with E-state index in [1.807, 2.05) is 24.3 Å². The number of hydrogen-bond donors (Lipinski definition) is 2. The number of morpholine rings is 2. The first-order valence-corrected chi connectivity index (χ1v) is 20.6. The lowest BCUT2D eigenvalue weighted by molar-refractivity contribution is 0.0388. The Balaban J connectivity index is 1.24. The van der Waals surface area contributed by atoms with E-state index < -0.39 is 22.7 Å². The van der Waals surface area contributed by atoms with Crippen molar-refractivity contribution in [1.29, 1.82) is 0 Å². The Morgan fingerprint density at radius 2 is 1.07 bits per heavy atom. The largest absolute Gasteiger partial charge is 0.424 e. The minimum absolute atomic E-state index is 0.741. The number of para-hydroxylation sites is 4. The first kappa shape index (κ1) is 29.5. The molecule has 13 nitrogen and oxygen atoms in total. The Labute approximate surface area is 259 Å². The minimum atomic E-state index is -2.93. The van der Waals surface area contributed by atoms with Gasteiger partial charge in [-0.05, 0) is 37.1 Å². The normalized spacial score (nSPS) is 29.2. The zero-order valence-electron chi connectivity index (χ0n) is 25.0. The van der Waals surface area contributed by atoms with Crippen LogP contribution < -0.4 is 28.6 Å². The summed E-state index contributed by atoms with van der Waals surface area (Å²) in [4.78, 5) is 4.89. The number of rotatable bonds is 8. The van der Waals surface area contributed by atoms with Crippen molar-refractivity contribution >= 4 is 34.0 Å². The molecule has 2 unspecified atom stereocenters. The quantitative estimate of drug-likeness (QED) is 0.363. The molecular formula is C28H42N9O4P3. The van der Waals surface area contributed by atoms with Crippen molar-refractivity contribution in [3.05, 3.63) is 48.5 Å². The van der Waals surface area contributed by atoms with E-state index in [-0.39, 0.29) is 0 Å². The number of hydrogen-bond acceptors (Lipinski definition) is 13. The summed E-state index contributed by atoms with van der Waals surface area (Å²) in [6.45, 7) is 11.8. The summed E-state index contributed by atoms with van der Waals surface area (Å²) in [5.74, 6) is 1.69. The van der Waals surface area contributed by atoms with Gasteiger partial charge in [-0.3, -0.25) is 29.3 Å². The molecule has 2 aromatic carbocycles. The van der Waals surface area contributed by atoms with Crippen molar-refractivity contribution in [2.75, 3.05) is 101 Å². The summed E-state index contributed by atoms with van der Waals surface area (Å²) in [6, 6.07) is 16.6. The second kappa shape index (κ2) is 12.4. The standard InChI is InChI=1S/C28H42N9O4P3/c1-3-9-27-25(7-1)36-13-5-6-14-37-26-8-2-4-10-28(26)41-44(37)32-42(31-43(36,33-44)40-27,29-11-15-34-17-21-38-22-18-34)30-12-16-35-19-23-39-24-20-35/h1-4,7-10,29-30H,5-6,11-24H2. The predicted molar refractivity (Wildman–Crippen MR) is 177 cm³/mol. The van der Waals surface area contributed by atoms with E-state index in [0.717, 1.165) is 128 Å². The molecule has 6 aliphatic rings. The molecule has 2 fully saturated rings. The Morgan fingerprint density at radius 1 is 0.591 bits per heavy atom. The molecule has 0 aromatic heterocycles. The number of benzene rings is 2. The van der Waals surface area contributed by atoms with Gasteiger partial charge in [-0.25, -0.2) is 0 Å². The van der Waals surface area contributed by atoms with Crippen molar-refractivity contribution in [2.24, 2.45) is 13.5 Å². The fourth-order valence-electron chi connectivity index (χ4n) is 6.53. The van der Waals surface area contributed by atoms with E-state index >= 15 is 0 Å². The van der Waals surface area contributed by atoms with Gasteiger partial charge in [0.1, 0.15) is 0 Å². The second-order valence-corrected chi connectivity index (χ2v) is 19.1. The molecule has 238 valence electrons. The lowest BCUT2D eigenvalue weighted by atomic mass is 10.2. The highest BCUT2D eigenvalue weighted by molar-refractivity contribution is 7.84. The average Bonchev–Trinajstić information content (AvgIpc) is 3.50. The maximum absolute atomic E-state index is 6.97. The van der Waals surface area contributed by atoms with Crippen LogP contribution in [-0.2, 0) is 9.47 Å². The summed E-state index contributed by atoms with van der Waals surface area (Å²) < 4.78 is 46.8. The lowest BCUT2D eigenvalue weighted by Gasteiger charge is -2.37. The van der Waals surface area contributed by atoms with Crippen LogP contribution >= 0.6 is 22.7 Å². The number of ether oxygens (including phenoxy) is 2. The summed E-state index contributed by atoms with van der Waals surface area (Å²) in [5, 5.41) is 7.82. The maximum atomic E-state index is 6.97. The molecule has 44 heavy (non-hydrogen) atoms. The van der Waals surface area contributed by atoms with Gasteiger partial charge in [-0.2, -0.15) is 9.03 Å². The molecule has 0 amide bonds. The second-order valence-electron chi connectivity index (χ2n) is 11.7. The average molecular weight is 662 g/mol. The molecule has 0 radical (unpaired) electrons. The fraction of sp³-hybridized carbons (Fsp3) is 0.571. The van der Waals surface area contributed by atoms with E-state index in [4.69, 9.17) is 32.1 Å². The molecule has 8 rings (SSSR count). The maximum Gasteiger partial charge on any atom is 0.363 e. The molecule has 0 saturated carbocycles. The predicted octanol–water partition coefficient (Wildman–Crippen LogP) is 5.27. The van der Waals surface area contributed by atoms with Gasteiger partial charge in [0, 0.05) is 65.4 Å². The van der Waals surface area contributed by atoms with Gasteiger partial charge in [0.15, 0.2) is 11.5 Å². The number of fused-ring (bicyclic) bond motifs is 4. The smallest absolute Gasteiger partial charge is 0.363 e. The van der Waals surface area contributed by atoms with Gasteiger partial charge in [0.25, 0.3) is 0 Å². The first-order valence-electron chi connectivity index (χ1n) is 15.8. The summed E-state index contributed by atoms with van der Waals surface area (Å²) in [5.41, 5.74) is 2.14. The molecule has 6 heterocycles. The molecule has 2 bridgehead atoms. The van der Waals surface area contributed by atoms with Crippen LogP contribution in [0.4, 0.5) is 11.4 Å². The van der Waals surface area contributed by atoms with Gasteiger partial charge < -0.3 is 18.5 Å². The van der Waals surface area contributed by atoms with Gasteiger partial charge in [0.05, 0.1) is 37.8 Å². The SMILES string of the molecule is c1ccc2c(c1)OP13=NP(NCCN4CCOCC4)(NCCN4CCOCC4)=NP4(=N1)Oc1ccccc1N4CCCCN23. The molecule has 2 N–H and O–H groups in total. The van der Waals surface area contributed by atoms with Crippen molar-refractivity contribution in [3.63, 3.8) is 0 Å². The summed E-state index contributed by atoms with van der Waals surface area (Å²) >= 11 is 0. The highest BCUT2D eigenvalue weighted by atomic mass is 31.3. The Kier molecular flexibility index (Phi) is 8.29. The molecule has 2 spiro atoms. The minimum Gasteiger partial charge on any atom is -0.424 e. The van der Waals surface area contributed by atoms with E-state index in [0.29, 0.717) is 0 Å². The van der Waals surface area contributed by atoms with Crippen LogP contribution in [0.3, 0.4) is 0 Å². The molecule has 0 aliphatic carbocycles. The Hall–Kier alpha value is -1.91. The fourth-order valence-corrected chi connectivity index (χ4v) is 18.6. The molecule has 16 heteroatoms. The topological polar surface area (TPSA) is 111 Å². The highest BCUT2D eigenvalue weighted by Crippen LogP contribution is 2.83. The van der Waals surface area contributed by atoms with Crippen LogP contribution in [0.1, 0.15) is 12.8 Å². The third-order valence-electron chi connectivity index (χ3n) is 8.80. The molecular weight excluding hydrogens is 619 g/mol. The monoisotopic (exact) mass is 661 g/mol. The van der Waals surface area contributed by atoms with Crippen molar-refractivity contribution in [2.45, 2.75) is 12.8 Å². The molecule has 2 atom stereocenters. The van der Waals surface area contributed by atoms with Crippen LogP contribution in [0.2, 0.25) is 0 Å². The first-order chi connectivity index (χ1) is 21.7. The highest BCUT2D eigenvalue weighted by Gasteiger charge is 2.53. The van der Waals surface area contributed by atoms with Crippen LogP contribution in [-0.4, -0.2) is 102 Å². The van der Waals surface area contributed by atoms with E-state index in [1.54, 1.807) is 0 Å². The number of nitrogens with zero attached hydrogens (tertiary/aromatic N) is 7. The van der Waals surface area contributed by atoms with Gasteiger partial charge in [0.2, 0.25) is 7.51 Å². The van der Waals surface area contributed by atoms with Crippen molar-refractivity contribution in [1.82, 2.24) is 20.0 Å². The summed E-state index contributed by atoms with van der Waals surface area (Å²) in [6.07, 6.45) is 2.01. The zero-order valence-corrected chi connectivity index (χ0v) is 27.7. The van der Waals surface area contributed by atoms with Crippen LogP contribution in [0.25, 0.3) is 0 Å². The lowest BCUT2D eigenvalue weighted by Crippen LogP contribution is -2.42. The van der Waals surface area contributed by atoms with Crippen LogP contribution in [0, 0.1) is 0 Å². The van der Waals surface area contributed by atoms with E-state index in [9.17, 15) is 0 Å². The number of nitrogens with one attached hydrogen (secondary N) is 2. The van der Waals surface area contributed by atoms with Crippen molar-refractivity contribution < 1.29 is 18.5 Å². The molecule has 6 aliphatic heterocycles. The zero-order chi connectivity index (χ0) is 29.5. The van der Waals surface area contributed by atoms with E-state index in [2.05, 4.69) is 53.6 Å². The Bertz CT molecular complexity index is 1460. The number of anilines is 2. The third-order valence-corrected chi connectivity index (χ3v) is 18.9. The Morgan fingerprint density at radius 3 is 1.59 bits per heavy atom. The molecule has 2 aromatic rings. The van der Waals surface area contributed by atoms with E-state index in [1.165, 1.54) is 0 Å².